The number of nitrogens with zero attached hydrogens (tertiary/aromatic N) is 1. The molecule has 0 aromatic heterocycles. The van der Waals surface area contributed by atoms with Crippen molar-refractivity contribution in [1.29, 1.82) is 0 Å². The number of nitrogens with one attached hydrogen (secondary N) is 1. The van der Waals surface area contributed by atoms with Crippen molar-refractivity contribution in [2.24, 2.45) is 0 Å². The van der Waals surface area contributed by atoms with Gasteiger partial charge in [-0.05, 0) is 14.1 Å². The number of ether oxygens (including phenoxy) is 1. The molecule has 11 heavy (non-hydrogen) atoms. The van der Waals surface area contributed by atoms with Crippen molar-refractivity contribution in [1.82, 2.24) is 10.2 Å². The van der Waals surface area contributed by atoms with Gasteiger partial charge in [-0.2, -0.15) is 0 Å². The number of carbonyl (C=O) groups excluding carboxylic acids is 1. The van der Waals surface area contributed by atoms with Gasteiger partial charge < -0.3 is 15.0 Å². The summed E-state index contributed by atoms with van der Waals surface area (Å²) in [6.45, 7) is 0. The smallest absolute Gasteiger partial charge is 0.407 e. The molecule has 1 N–H and O–H groups in total. The van der Waals surface area contributed by atoms with Crippen LogP contribution in [0.5, 0.6) is 0 Å². The molecule has 1 amide bonds. The summed E-state index contributed by atoms with van der Waals surface area (Å²) in [6.07, 6.45) is 0.727. The Balaban J connectivity index is 2.18. The van der Waals surface area contributed by atoms with Crippen LogP contribution in [0.15, 0.2) is 0 Å². The first-order valence-electron chi connectivity index (χ1n) is 3.70. The first kappa shape index (κ1) is 8.33. The molecule has 1 fully saturated rings. The molecule has 0 saturated heterocycles. The standard InChI is InChI=1S/C7H14N2O2/c1-8-7(10)11-6-4-5(6)9(2)3/h5-6H,4H2,1-3H3,(H,8,10)/t5-,6+/m0/s1. The normalized spacial score (nSPS) is 28.4. The zero-order chi connectivity index (χ0) is 8.43. The Morgan fingerprint density at radius 2 is 2.27 bits per heavy atom. The van der Waals surface area contributed by atoms with Crippen molar-refractivity contribution in [3.63, 3.8) is 0 Å². The molecule has 0 unspecified atom stereocenters. The lowest BCUT2D eigenvalue weighted by molar-refractivity contribution is 0.130. The Kier molecular flexibility index (Phi) is 2.34. The maximum Gasteiger partial charge on any atom is 0.407 e. The summed E-state index contributed by atoms with van der Waals surface area (Å²) in [6, 6.07) is 0.423. The molecule has 0 spiro atoms. The van der Waals surface area contributed by atoms with Crippen LogP contribution >= 0.6 is 0 Å². The number of amides is 1. The molecule has 4 heteroatoms. The predicted octanol–water partition coefficient (Wildman–Crippen LogP) is 0.0449. The van der Waals surface area contributed by atoms with Crippen molar-refractivity contribution >= 4 is 6.09 Å². The quantitative estimate of drug-likeness (QED) is 0.617. The Morgan fingerprint density at radius 3 is 2.64 bits per heavy atom. The summed E-state index contributed by atoms with van der Waals surface area (Å²) in [4.78, 5) is 12.7. The van der Waals surface area contributed by atoms with E-state index >= 15 is 0 Å². The maximum atomic E-state index is 10.7. The second-order valence-corrected chi connectivity index (χ2v) is 2.96. The highest BCUT2D eigenvalue weighted by Gasteiger charge is 2.42. The molecular weight excluding hydrogens is 144 g/mol. The molecular formula is C7H14N2O2. The van der Waals surface area contributed by atoms with Crippen molar-refractivity contribution in [2.45, 2.75) is 18.6 Å². The lowest BCUT2D eigenvalue weighted by Crippen LogP contribution is -2.25. The molecule has 0 heterocycles. The lowest BCUT2D eigenvalue weighted by atomic mass is 10.6. The molecule has 0 radical (unpaired) electrons. The largest absolute Gasteiger partial charge is 0.445 e. The van der Waals surface area contributed by atoms with Gasteiger partial charge in [-0.3, -0.25) is 0 Å². The molecule has 4 nitrogen and oxygen atoms in total. The summed E-state index contributed by atoms with van der Waals surface area (Å²) in [5, 5.41) is 2.42. The average Bonchev–Trinajstić information content (AvgIpc) is 2.67. The Bertz CT molecular complexity index is 159. The summed E-state index contributed by atoms with van der Waals surface area (Å²) >= 11 is 0. The maximum absolute atomic E-state index is 10.7. The summed E-state index contributed by atoms with van der Waals surface area (Å²) in [5.41, 5.74) is 0. The van der Waals surface area contributed by atoms with Gasteiger partial charge in [-0.15, -0.1) is 0 Å². The number of alkyl carbamates (subject to hydrolysis) is 1. The third-order valence-corrected chi connectivity index (χ3v) is 1.83. The van der Waals surface area contributed by atoms with Crippen LogP contribution in [0, 0.1) is 0 Å². The van der Waals surface area contributed by atoms with E-state index in [1.165, 1.54) is 0 Å². The van der Waals surface area contributed by atoms with E-state index in [0.717, 1.165) is 6.42 Å². The third kappa shape index (κ3) is 2.08. The predicted molar refractivity (Wildman–Crippen MR) is 41.4 cm³/mol. The number of hydrogen-bond donors (Lipinski definition) is 1. The number of likely N-dealkylation sites (N-methyl/N-ethyl adjacent to an activating group) is 1. The van der Waals surface area contributed by atoms with Gasteiger partial charge in [0.1, 0.15) is 6.10 Å². The van der Waals surface area contributed by atoms with Crippen LogP contribution in [0.2, 0.25) is 0 Å². The highest BCUT2D eigenvalue weighted by molar-refractivity contribution is 5.67. The van der Waals surface area contributed by atoms with E-state index in [4.69, 9.17) is 4.74 Å². The van der Waals surface area contributed by atoms with E-state index in [2.05, 4.69) is 10.2 Å². The second-order valence-electron chi connectivity index (χ2n) is 2.96. The van der Waals surface area contributed by atoms with Gasteiger partial charge in [0.2, 0.25) is 0 Å². The van der Waals surface area contributed by atoms with E-state index in [1.807, 2.05) is 14.1 Å². The first-order valence-corrected chi connectivity index (χ1v) is 3.70. The molecule has 1 aliphatic rings. The van der Waals surface area contributed by atoms with Crippen LogP contribution in [0.3, 0.4) is 0 Å². The molecule has 0 bridgehead atoms. The topological polar surface area (TPSA) is 41.6 Å². The molecule has 1 aliphatic carbocycles. The third-order valence-electron chi connectivity index (χ3n) is 1.83. The lowest BCUT2D eigenvalue weighted by Gasteiger charge is -2.08. The Labute approximate surface area is 66.5 Å². The summed E-state index contributed by atoms with van der Waals surface area (Å²) < 4.78 is 4.99. The number of rotatable bonds is 2. The van der Waals surface area contributed by atoms with E-state index in [-0.39, 0.29) is 12.2 Å². The van der Waals surface area contributed by atoms with Gasteiger partial charge in [0.25, 0.3) is 0 Å². The van der Waals surface area contributed by atoms with Gasteiger partial charge in [-0.25, -0.2) is 4.79 Å². The van der Waals surface area contributed by atoms with Crippen molar-refractivity contribution in [3.05, 3.63) is 0 Å². The van der Waals surface area contributed by atoms with Gasteiger partial charge in [-0.1, -0.05) is 0 Å². The minimum atomic E-state index is -0.334. The molecule has 0 aliphatic heterocycles. The van der Waals surface area contributed by atoms with Gasteiger partial charge >= 0.3 is 6.09 Å². The van der Waals surface area contributed by atoms with Crippen molar-refractivity contribution in [2.75, 3.05) is 21.1 Å². The summed E-state index contributed by atoms with van der Waals surface area (Å²) in [5.74, 6) is 0. The molecule has 0 aromatic rings. The average molecular weight is 158 g/mol. The van der Waals surface area contributed by atoms with E-state index in [1.54, 1.807) is 7.05 Å². The Hall–Kier alpha value is -0.770. The molecule has 64 valence electrons. The zero-order valence-electron chi connectivity index (χ0n) is 7.13. The molecule has 1 saturated carbocycles. The molecule has 1 rings (SSSR count). The SMILES string of the molecule is CNC(=O)O[C@@H]1C[C@@H]1N(C)C. The minimum Gasteiger partial charge on any atom is -0.445 e. The monoisotopic (exact) mass is 158 g/mol. The van der Waals surface area contributed by atoms with Crippen LogP contribution in [0.25, 0.3) is 0 Å². The van der Waals surface area contributed by atoms with Crippen LogP contribution < -0.4 is 5.32 Å². The first-order chi connectivity index (χ1) is 5.15. The molecule has 0 aromatic carbocycles. The van der Waals surface area contributed by atoms with Gasteiger partial charge in [0.15, 0.2) is 0 Å². The van der Waals surface area contributed by atoms with E-state index < -0.39 is 0 Å². The zero-order valence-corrected chi connectivity index (χ0v) is 7.13. The number of carbonyl (C=O) groups is 1. The highest BCUT2D eigenvalue weighted by Crippen LogP contribution is 2.29. The fourth-order valence-corrected chi connectivity index (χ4v) is 1.03. The van der Waals surface area contributed by atoms with Gasteiger partial charge in [0, 0.05) is 19.5 Å². The Morgan fingerprint density at radius 1 is 1.64 bits per heavy atom. The van der Waals surface area contributed by atoms with E-state index in [9.17, 15) is 4.79 Å². The number of hydrogen-bond acceptors (Lipinski definition) is 3. The van der Waals surface area contributed by atoms with Crippen molar-refractivity contribution < 1.29 is 9.53 Å². The minimum absolute atomic E-state index is 0.102. The van der Waals surface area contributed by atoms with Crippen LogP contribution in [0.1, 0.15) is 6.42 Å². The second kappa shape index (κ2) is 3.09. The van der Waals surface area contributed by atoms with Crippen LogP contribution in [-0.4, -0.2) is 44.3 Å². The highest BCUT2D eigenvalue weighted by atomic mass is 16.6. The fraction of sp³-hybridized carbons (Fsp3) is 0.857. The van der Waals surface area contributed by atoms with Gasteiger partial charge in [0.05, 0.1) is 0 Å². The van der Waals surface area contributed by atoms with Crippen LogP contribution in [-0.2, 0) is 4.74 Å². The summed E-state index contributed by atoms with van der Waals surface area (Å²) in [7, 11) is 5.53. The van der Waals surface area contributed by atoms with Crippen LogP contribution in [0.4, 0.5) is 4.79 Å². The molecule has 2 atom stereocenters. The fourth-order valence-electron chi connectivity index (χ4n) is 1.03. The van der Waals surface area contributed by atoms with E-state index in [0.29, 0.717) is 6.04 Å². The van der Waals surface area contributed by atoms with Crippen molar-refractivity contribution in [3.8, 4) is 0 Å².